The summed E-state index contributed by atoms with van der Waals surface area (Å²) in [4.78, 5) is 13.5. The Hall–Kier alpha value is -0.700. The number of hydrogen-bond donors (Lipinski definition) is 0. The number of piperidine rings is 1. The summed E-state index contributed by atoms with van der Waals surface area (Å²) in [6.45, 7) is 4.68. The highest BCUT2D eigenvalue weighted by atomic mass is 32.2. The average Bonchev–Trinajstić information content (AvgIpc) is 2.86. The summed E-state index contributed by atoms with van der Waals surface area (Å²) in [5, 5.41) is 0. The molecule has 0 bridgehead atoms. The van der Waals surface area contributed by atoms with Crippen molar-refractivity contribution >= 4 is 16.1 Å². The molecule has 2 heterocycles. The van der Waals surface area contributed by atoms with Crippen LogP contribution in [0.15, 0.2) is 0 Å². The zero-order chi connectivity index (χ0) is 16.3. The molecule has 0 aliphatic carbocycles. The third kappa shape index (κ3) is 3.79. The van der Waals surface area contributed by atoms with E-state index >= 15 is 0 Å². The summed E-state index contributed by atoms with van der Waals surface area (Å²) in [6.07, 6.45) is 2.06. The Kier molecular flexibility index (Phi) is 5.81. The summed E-state index contributed by atoms with van der Waals surface area (Å²) >= 11 is 0. The van der Waals surface area contributed by atoms with E-state index in [4.69, 9.17) is 4.74 Å². The van der Waals surface area contributed by atoms with Gasteiger partial charge in [-0.2, -0.15) is 17.0 Å². The molecule has 0 aromatic heterocycles. The van der Waals surface area contributed by atoms with Crippen molar-refractivity contribution in [2.45, 2.75) is 32.3 Å². The first-order chi connectivity index (χ1) is 10.4. The number of ether oxygens (including phenoxy) is 1. The molecule has 2 aliphatic heterocycles. The summed E-state index contributed by atoms with van der Waals surface area (Å²) in [5.74, 6) is 0.211. The molecule has 2 aliphatic rings. The molecule has 1 atom stereocenters. The van der Waals surface area contributed by atoms with Crippen LogP contribution in [-0.4, -0.2) is 80.8 Å². The zero-order valence-electron chi connectivity index (χ0n) is 13.7. The van der Waals surface area contributed by atoms with Gasteiger partial charge < -0.3 is 9.64 Å². The maximum Gasteiger partial charge on any atom is 0.281 e. The minimum atomic E-state index is -3.44. The number of likely N-dealkylation sites (tertiary alicyclic amines) is 1. The van der Waals surface area contributed by atoms with E-state index < -0.39 is 10.2 Å². The van der Waals surface area contributed by atoms with E-state index in [1.807, 2.05) is 6.92 Å². The van der Waals surface area contributed by atoms with Gasteiger partial charge in [-0.1, -0.05) is 0 Å². The molecule has 8 heteroatoms. The fourth-order valence-corrected chi connectivity index (χ4v) is 4.70. The van der Waals surface area contributed by atoms with Crippen LogP contribution in [0.5, 0.6) is 0 Å². The van der Waals surface area contributed by atoms with Gasteiger partial charge in [0.25, 0.3) is 10.2 Å². The summed E-state index contributed by atoms with van der Waals surface area (Å²) < 4.78 is 33.4. The molecule has 128 valence electrons. The van der Waals surface area contributed by atoms with Crippen molar-refractivity contribution in [3.8, 4) is 0 Å². The Labute approximate surface area is 133 Å². The normalized spacial score (nSPS) is 25.4. The Morgan fingerprint density at radius 2 is 1.95 bits per heavy atom. The first-order valence-electron chi connectivity index (χ1n) is 7.90. The maximum absolute atomic E-state index is 12.6. The number of carbonyl (C=O) groups excluding carboxylic acids is 1. The molecule has 0 spiro atoms. The van der Waals surface area contributed by atoms with E-state index in [1.165, 1.54) is 8.61 Å². The van der Waals surface area contributed by atoms with Crippen LogP contribution >= 0.6 is 0 Å². The van der Waals surface area contributed by atoms with Crippen LogP contribution in [0.25, 0.3) is 0 Å². The van der Waals surface area contributed by atoms with E-state index in [9.17, 15) is 13.2 Å². The van der Waals surface area contributed by atoms with E-state index in [0.717, 1.165) is 12.8 Å². The Balaban J connectivity index is 1.91. The molecule has 2 fully saturated rings. The second kappa shape index (κ2) is 7.25. The van der Waals surface area contributed by atoms with Crippen LogP contribution in [0.1, 0.15) is 26.2 Å². The summed E-state index contributed by atoms with van der Waals surface area (Å²) in [6, 6.07) is 0. The summed E-state index contributed by atoms with van der Waals surface area (Å²) in [7, 11) is -0.169. The number of hydrogen-bond acceptors (Lipinski definition) is 4. The van der Waals surface area contributed by atoms with Crippen molar-refractivity contribution < 1.29 is 17.9 Å². The highest BCUT2D eigenvalue weighted by Gasteiger charge is 2.35. The SMILES string of the molecule is CCN1C[C@@H](CN(C)S(=O)(=O)N2CCC(OC)CC2)CC1=O. The van der Waals surface area contributed by atoms with Gasteiger partial charge in [-0.05, 0) is 25.7 Å². The topological polar surface area (TPSA) is 70.2 Å². The molecule has 0 unspecified atom stereocenters. The van der Waals surface area contributed by atoms with Crippen molar-refractivity contribution in [2.24, 2.45) is 5.92 Å². The van der Waals surface area contributed by atoms with Crippen molar-refractivity contribution in [2.75, 3.05) is 46.9 Å². The molecule has 2 saturated heterocycles. The van der Waals surface area contributed by atoms with Crippen LogP contribution < -0.4 is 0 Å². The van der Waals surface area contributed by atoms with Crippen molar-refractivity contribution in [1.29, 1.82) is 0 Å². The minimum absolute atomic E-state index is 0.0868. The lowest BCUT2D eigenvalue weighted by atomic mass is 10.1. The number of amides is 1. The fourth-order valence-electron chi connectivity index (χ4n) is 3.24. The molecule has 0 aromatic rings. The first kappa shape index (κ1) is 17.7. The fraction of sp³-hybridized carbons (Fsp3) is 0.929. The molecular formula is C14H27N3O4S. The van der Waals surface area contributed by atoms with Gasteiger partial charge >= 0.3 is 0 Å². The quantitative estimate of drug-likeness (QED) is 0.693. The number of methoxy groups -OCH3 is 1. The van der Waals surface area contributed by atoms with Gasteiger partial charge in [-0.15, -0.1) is 0 Å². The van der Waals surface area contributed by atoms with Gasteiger partial charge in [0.2, 0.25) is 5.91 Å². The van der Waals surface area contributed by atoms with E-state index in [2.05, 4.69) is 0 Å². The lowest BCUT2D eigenvalue weighted by Gasteiger charge is -2.33. The summed E-state index contributed by atoms with van der Waals surface area (Å²) in [5.41, 5.74) is 0. The predicted octanol–water partition coefficient (Wildman–Crippen LogP) is 0.142. The smallest absolute Gasteiger partial charge is 0.281 e. The van der Waals surface area contributed by atoms with Crippen LogP contribution in [0.2, 0.25) is 0 Å². The highest BCUT2D eigenvalue weighted by Crippen LogP contribution is 2.22. The number of rotatable bonds is 6. The van der Waals surface area contributed by atoms with E-state index in [-0.39, 0.29) is 17.9 Å². The van der Waals surface area contributed by atoms with Crippen molar-refractivity contribution in [3.05, 3.63) is 0 Å². The predicted molar refractivity (Wildman–Crippen MR) is 83.5 cm³/mol. The van der Waals surface area contributed by atoms with Crippen LogP contribution in [0, 0.1) is 5.92 Å². The third-order valence-corrected chi connectivity index (χ3v) is 6.60. The Bertz CT molecular complexity index is 488. The molecule has 1 amide bonds. The van der Waals surface area contributed by atoms with Gasteiger partial charge in [0.15, 0.2) is 0 Å². The molecule has 0 saturated carbocycles. The van der Waals surface area contributed by atoms with E-state index in [0.29, 0.717) is 39.1 Å². The van der Waals surface area contributed by atoms with Crippen LogP contribution in [0.3, 0.4) is 0 Å². The zero-order valence-corrected chi connectivity index (χ0v) is 14.5. The van der Waals surface area contributed by atoms with Gasteiger partial charge in [-0.3, -0.25) is 4.79 Å². The standard InChI is InChI=1S/C14H27N3O4S/c1-4-16-11-12(9-14(16)18)10-15(2)22(19,20)17-7-5-13(21-3)6-8-17/h12-13H,4-11H2,1-3H3/t12-/m1/s1. The Morgan fingerprint density at radius 3 is 2.45 bits per heavy atom. The monoisotopic (exact) mass is 333 g/mol. The molecule has 22 heavy (non-hydrogen) atoms. The number of nitrogens with zero attached hydrogens (tertiary/aromatic N) is 3. The second-order valence-corrected chi connectivity index (χ2v) is 8.16. The molecule has 0 radical (unpaired) electrons. The van der Waals surface area contributed by atoms with Crippen LogP contribution in [-0.2, 0) is 19.7 Å². The molecule has 0 aromatic carbocycles. The van der Waals surface area contributed by atoms with Crippen molar-refractivity contribution in [3.63, 3.8) is 0 Å². The molecular weight excluding hydrogens is 306 g/mol. The minimum Gasteiger partial charge on any atom is -0.381 e. The van der Waals surface area contributed by atoms with Gasteiger partial charge in [0, 0.05) is 53.3 Å². The van der Waals surface area contributed by atoms with Crippen LogP contribution in [0.4, 0.5) is 0 Å². The highest BCUT2D eigenvalue weighted by molar-refractivity contribution is 7.86. The first-order valence-corrected chi connectivity index (χ1v) is 9.30. The maximum atomic E-state index is 12.6. The number of carbonyl (C=O) groups is 1. The van der Waals surface area contributed by atoms with Gasteiger partial charge in [-0.25, -0.2) is 0 Å². The average molecular weight is 333 g/mol. The lowest BCUT2D eigenvalue weighted by molar-refractivity contribution is -0.127. The van der Waals surface area contributed by atoms with Gasteiger partial charge in [0.1, 0.15) is 0 Å². The largest absolute Gasteiger partial charge is 0.381 e. The molecule has 0 N–H and O–H groups in total. The lowest BCUT2D eigenvalue weighted by Crippen LogP contribution is -2.48. The second-order valence-electron chi connectivity index (χ2n) is 6.12. The molecule has 2 rings (SSSR count). The van der Waals surface area contributed by atoms with E-state index in [1.54, 1.807) is 19.1 Å². The van der Waals surface area contributed by atoms with Crippen molar-refractivity contribution in [1.82, 2.24) is 13.5 Å². The van der Waals surface area contributed by atoms with Gasteiger partial charge in [0.05, 0.1) is 6.10 Å². The third-order valence-electron chi connectivity index (χ3n) is 4.65. The molecule has 7 nitrogen and oxygen atoms in total. The Morgan fingerprint density at radius 1 is 1.32 bits per heavy atom.